The molecule has 40 heavy (non-hydrogen) atoms. The van der Waals surface area contributed by atoms with Crippen LogP contribution in [0.4, 0.5) is 0 Å². The lowest BCUT2D eigenvalue weighted by molar-refractivity contribution is 0.0205. The number of hydrogen-bond donors (Lipinski definition) is 1. The van der Waals surface area contributed by atoms with Gasteiger partial charge in [-0.1, -0.05) is 31.8 Å². The summed E-state index contributed by atoms with van der Waals surface area (Å²) in [7, 11) is -1.13. The second kappa shape index (κ2) is 14.4. The number of esters is 2. The number of phenolic OH excluding ortho intramolecular Hbond substituents is 1. The summed E-state index contributed by atoms with van der Waals surface area (Å²) in [5.41, 5.74) is 1.51. The number of phenols is 1. The number of pyridine rings is 2. The fraction of sp³-hybridized carbons (Fsp3) is 0.333. The Morgan fingerprint density at radius 3 is 1.93 bits per heavy atom. The maximum absolute atomic E-state index is 12.3. The Labute approximate surface area is 235 Å². The molecule has 0 atom stereocenters. The van der Waals surface area contributed by atoms with E-state index in [4.69, 9.17) is 18.9 Å². The molecule has 0 unspecified atom stereocenters. The summed E-state index contributed by atoms with van der Waals surface area (Å²) < 4.78 is 21.3. The molecule has 4 rings (SSSR count). The number of nitrogens with zero attached hydrogens (tertiary/aromatic N) is 2. The number of benzene rings is 2. The van der Waals surface area contributed by atoms with Gasteiger partial charge in [0.25, 0.3) is 0 Å². The summed E-state index contributed by atoms with van der Waals surface area (Å²) >= 11 is 0. The lowest BCUT2D eigenvalue weighted by atomic mass is 10.1. The van der Waals surface area contributed by atoms with Gasteiger partial charge in [-0.05, 0) is 56.3 Å². The molecule has 9 nitrogen and oxygen atoms in total. The van der Waals surface area contributed by atoms with Crippen molar-refractivity contribution < 1.29 is 33.6 Å². The van der Waals surface area contributed by atoms with Crippen LogP contribution >= 0.6 is 0 Å². The highest BCUT2D eigenvalue weighted by molar-refractivity contribution is 6.76. The molecule has 0 saturated heterocycles. The number of carbonyl (C=O) groups excluding carboxylic acids is 2. The predicted octanol–water partition coefficient (Wildman–Crippen LogP) is 6.22. The van der Waals surface area contributed by atoms with Gasteiger partial charge in [-0.15, -0.1) is 0 Å². The van der Waals surface area contributed by atoms with Crippen LogP contribution in [0.15, 0.2) is 60.9 Å². The van der Waals surface area contributed by atoms with Crippen molar-refractivity contribution in [3.8, 4) is 11.5 Å². The van der Waals surface area contributed by atoms with Crippen molar-refractivity contribution in [3.05, 3.63) is 72.1 Å². The standard InChI is InChI=1S/C18H25NO4Si.C12H11NO3/c1-5-22-18(20)16-15(23-13-21-11-12-24(2,3)4)9-8-14-7-6-10-19-17(14)16;1-2-16-12(15)10-9(14)6-5-8-4-3-7-13-11(8)10/h6-10H,5,11-13H2,1-4H3;3-7,14H,2H2,1H3. The third-order valence-electron chi connectivity index (χ3n) is 5.74. The highest BCUT2D eigenvalue weighted by Gasteiger charge is 2.20. The van der Waals surface area contributed by atoms with E-state index in [9.17, 15) is 14.7 Å². The molecule has 10 heteroatoms. The number of ether oxygens (including phenoxy) is 4. The van der Waals surface area contributed by atoms with Crippen LogP contribution in [0.25, 0.3) is 21.8 Å². The van der Waals surface area contributed by atoms with E-state index in [1.807, 2.05) is 24.3 Å². The molecule has 0 amide bonds. The van der Waals surface area contributed by atoms with E-state index >= 15 is 0 Å². The van der Waals surface area contributed by atoms with Crippen molar-refractivity contribution in [2.75, 3.05) is 26.6 Å². The van der Waals surface area contributed by atoms with Crippen molar-refractivity contribution in [2.24, 2.45) is 0 Å². The van der Waals surface area contributed by atoms with Gasteiger partial charge in [0.15, 0.2) is 6.79 Å². The minimum Gasteiger partial charge on any atom is -0.507 e. The van der Waals surface area contributed by atoms with Gasteiger partial charge >= 0.3 is 11.9 Å². The lowest BCUT2D eigenvalue weighted by Gasteiger charge is -2.16. The minimum atomic E-state index is -1.13. The molecule has 0 aliphatic carbocycles. The Bertz CT molecular complexity index is 1450. The molecule has 0 fully saturated rings. The van der Waals surface area contributed by atoms with Gasteiger partial charge in [-0.2, -0.15) is 0 Å². The molecule has 2 aromatic carbocycles. The SMILES string of the molecule is CCOC(=O)c1c(O)ccc2cccnc12.CCOC(=O)c1c(OCOCC[Si](C)(C)C)ccc2cccnc12. The number of hydrogen-bond acceptors (Lipinski definition) is 9. The first-order valence-corrected chi connectivity index (χ1v) is 16.9. The first-order valence-electron chi connectivity index (χ1n) is 13.2. The van der Waals surface area contributed by atoms with Crippen molar-refractivity contribution in [2.45, 2.75) is 39.5 Å². The van der Waals surface area contributed by atoms with Crippen molar-refractivity contribution in [3.63, 3.8) is 0 Å². The Kier molecular flexibility index (Phi) is 11.0. The molecular weight excluding hydrogens is 528 g/mol. The summed E-state index contributed by atoms with van der Waals surface area (Å²) in [6.07, 6.45) is 3.23. The van der Waals surface area contributed by atoms with E-state index in [2.05, 4.69) is 29.6 Å². The third kappa shape index (κ3) is 8.24. The average Bonchev–Trinajstić information content (AvgIpc) is 2.92. The van der Waals surface area contributed by atoms with E-state index in [0.717, 1.165) is 16.8 Å². The van der Waals surface area contributed by atoms with Gasteiger partial charge in [0.1, 0.15) is 22.6 Å². The molecule has 0 aliphatic rings. The first kappa shape index (κ1) is 30.5. The normalized spacial score (nSPS) is 11.0. The van der Waals surface area contributed by atoms with E-state index in [-0.39, 0.29) is 24.7 Å². The molecule has 1 N–H and O–H groups in total. The molecule has 0 bridgehead atoms. The first-order chi connectivity index (χ1) is 19.2. The van der Waals surface area contributed by atoms with Gasteiger partial charge < -0.3 is 24.1 Å². The summed E-state index contributed by atoms with van der Waals surface area (Å²) in [6.45, 7) is 11.7. The summed E-state index contributed by atoms with van der Waals surface area (Å²) in [4.78, 5) is 32.4. The van der Waals surface area contributed by atoms with Crippen LogP contribution < -0.4 is 4.74 Å². The molecule has 0 spiro atoms. The van der Waals surface area contributed by atoms with Gasteiger partial charge in [0, 0.05) is 37.8 Å². The average molecular weight is 565 g/mol. The zero-order chi connectivity index (χ0) is 29.1. The Morgan fingerprint density at radius 2 is 1.35 bits per heavy atom. The predicted molar refractivity (Wildman–Crippen MR) is 157 cm³/mol. The van der Waals surface area contributed by atoms with Crippen molar-refractivity contribution in [1.82, 2.24) is 9.97 Å². The van der Waals surface area contributed by atoms with Crippen LogP contribution in [0.5, 0.6) is 11.5 Å². The maximum Gasteiger partial charge on any atom is 0.344 e. The van der Waals surface area contributed by atoms with Crippen LogP contribution in [-0.4, -0.2) is 61.7 Å². The quantitative estimate of drug-likeness (QED) is 0.104. The molecule has 212 valence electrons. The van der Waals surface area contributed by atoms with Gasteiger partial charge in [-0.3, -0.25) is 9.97 Å². The smallest absolute Gasteiger partial charge is 0.344 e. The molecule has 0 aliphatic heterocycles. The third-order valence-corrected chi connectivity index (χ3v) is 7.45. The zero-order valence-corrected chi connectivity index (χ0v) is 24.6. The Hall–Kier alpha value is -4.02. The zero-order valence-electron chi connectivity index (χ0n) is 23.6. The van der Waals surface area contributed by atoms with Crippen LogP contribution in [-0.2, 0) is 14.2 Å². The monoisotopic (exact) mass is 564 g/mol. The lowest BCUT2D eigenvalue weighted by Crippen LogP contribution is -2.22. The molecule has 0 radical (unpaired) electrons. The Balaban J connectivity index is 0.000000238. The summed E-state index contributed by atoms with van der Waals surface area (Å²) in [5.74, 6) is -0.652. The van der Waals surface area contributed by atoms with E-state index < -0.39 is 20.0 Å². The van der Waals surface area contributed by atoms with Crippen LogP contribution in [0.2, 0.25) is 25.7 Å². The van der Waals surface area contributed by atoms with Gasteiger partial charge in [-0.25, -0.2) is 9.59 Å². The van der Waals surface area contributed by atoms with Crippen LogP contribution in [0.1, 0.15) is 34.6 Å². The van der Waals surface area contributed by atoms with Crippen molar-refractivity contribution >= 4 is 41.8 Å². The Morgan fingerprint density at radius 1 is 0.800 bits per heavy atom. The molecule has 2 aromatic heterocycles. The number of aromatic hydroxyl groups is 1. The number of rotatable bonds is 10. The largest absolute Gasteiger partial charge is 0.507 e. The van der Waals surface area contributed by atoms with E-state index in [1.165, 1.54) is 6.07 Å². The molecule has 4 aromatic rings. The second-order valence-electron chi connectivity index (χ2n) is 9.97. The highest BCUT2D eigenvalue weighted by atomic mass is 28.3. The minimum absolute atomic E-state index is 0.106. The number of fused-ring (bicyclic) bond motifs is 2. The number of carbonyl (C=O) groups is 2. The van der Waals surface area contributed by atoms with Crippen LogP contribution in [0.3, 0.4) is 0 Å². The fourth-order valence-corrected chi connectivity index (χ4v) is 4.49. The van der Waals surface area contributed by atoms with Gasteiger partial charge in [0.2, 0.25) is 0 Å². The van der Waals surface area contributed by atoms with E-state index in [1.54, 1.807) is 44.4 Å². The molecule has 2 heterocycles. The van der Waals surface area contributed by atoms with E-state index in [0.29, 0.717) is 35.6 Å². The maximum atomic E-state index is 12.3. The number of aromatic nitrogens is 2. The van der Waals surface area contributed by atoms with Gasteiger partial charge in [0.05, 0.1) is 24.2 Å². The summed E-state index contributed by atoms with van der Waals surface area (Å²) in [6, 6.07) is 15.2. The fourth-order valence-electron chi connectivity index (χ4n) is 3.73. The second-order valence-corrected chi connectivity index (χ2v) is 15.6. The topological polar surface area (TPSA) is 117 Å². The van der Waals surface area contributed by atoms with Crippen LogP contribution in [0, 0.1) is 0 Å². The molecular formula is C30H36N2O7Si. The molecule has 0 saturated carbocycles. The van der Waals surface area contributed by atoms with Crippen molar-refractivity contribution in [1.29, 1.82) is 0 Å². The summed E-state index contributed by atoms with van der Waals surface area (Å²) in [5, 5.41) is 11.3. The highest BCUT2D eigenvalue weighted by Crippen LogP contribution is 2.28.